The van der Waals surface area contributed by atoms with E-state index < -0.39 is 41.3 Å². The SMILES string of the molecule is Cn1nnnc1SCC1=C(C(=O)[O-])N2C(=O)[C@@H](NC(=O)[C@@H](NC(N)=O)c3ccco3)C2SC1.[Na+]. The van der Waals surface area contributed by atoms with Gasteiger partial charge in [0.25, 0.3) is 11.8 Å². The number of hydrogen-bond donors (Lipinski definition) is 3. The number of aryl methyl sites for hydroxylation is 1. The van der Waals surface area contributed by atoms with Crippen LogP contribution in [0.25, 0.3) is 0 Å². The summed E-state index contributed by atoms with van der Waals surface area (Å²) in [5.74, 6) is -2.17. The van der Waals surface area contributed by atoms with Crippen LogP contribution in [0.3, 0.4) is 0 Å². The van der Waals surface area contributed by atoms with E-state index in [0.29, 0.717) is 16.5 Å². The second-order valence-corrected chi connectivity index (χ2v) is 9.01. The van der Waals surface area contributed by atoms with Crippen molar-refractivity contribution in [3.8, 4) is 0 Å². The summed E-state index contributed by atoms with van der Waals surface area (Å²) in [6.45, 7) is 0. The minimum absolute atomic E-state index is 0. The van der Waals surface area contributed by atoms with E-state index in [1.165, 1.54) is 46.6 Å². The number of fused-ring (bicyclic) bond motifs is 1. The van der Waals surface area contributed by atoms with Gasteiger partial charge in [-0.3, -0.25) is 14.5 Å². The zero-order valence-corrected chi connectivity index (χ0v) is 21.6. The molecule has 3 atom stereocenters. The monoisotopic (exact) mass is 516 g/mol. The molecule has 0 saturated carbocycles. The number of carbonyl (C=O) groups excluding carboxylic acids is 4. The third-order valence-electron chi connectivity index (χ3n) is 4.87. The number of urea groups is 1. The van der Waals surface area contributed by atoms with Gasteiger partial charge >= 0.3 is 35.6 Å². The number of thioether (sulfide) groups is 2. The van der Waals surface area contributed by atoms with Crippen molar-refractivity contribution in [1.82, 2.24) is 35.7 Å². The normalized spacial score (nSPS) is 20.0. The largest absolute Gasteiger partial charge is 1.00 e. The fourth-order valence-electron chi connectivity index (χ4n) is 3.38. The van der Waals surface area contributed by atoms with Crippen LogP contribution >= 0.6 is 23.5 Å². The molecule has 34 heavy (non-hydrogen) atoms. The van der Waals surface area contributed by atoms with Crippen LogP contribution in [-0.2, 0) is 21.4 Å². The Balaban J connectivity index is 0.00000324. The summed E-state index contributed by atoms with van der Waals surface area (Å²) in [6.07, 6.45) is 1.32. The van der Waals surface area contributed by atoms with Crippen molar-refractivity contribution < 1.29 is 58.3 Å². The Labute approximate surface area is 222 Å². The van der Waals surface area contributed by atoms with E-state index in [-0.39, 0.29) is 46.8 Å². The Hall–Kier alpha value is -2.53. The first-order valence-electron chi connectivity index (χ1n) is 9.41. The van der Waals surface area contributed by atoms with E-state index in [0.717, 1.165) is 4.90 Å². The van der Waals surface area contributed by atoms with E-state index in [9.17, 15) is 24.3 Å². The molecule has 0 aromatic carbocycles. The summed E-state index contributed by atoms with van der Waals surface area (Å²) < 4.78 is 6.61. The van der Waals surface area contributed by atoms with Gasteiger partial charge in [-0.15, -0.1) is 16.9 Å². The van der Waals surface area contributed by atoms with Crippen LogP contribution in [0.5, 0.6) is 0 Å². The number of β-lactam (4-membered cyclic amide) rings is 1. The van der Waals surface area contributed by atoms with Crippen molar-refractivity contribution in [3.63, 3.8) is 0 Å². The first kappa shape index (κ1) is 26.1. The van der Waals surface area contributed by atoms with Crippen molar-refractivity contribution >= 4 is 47.3 Å². The molecule has 2 aliphatic rings. The standard InChI is InChI=1S/C17H18N8O6S2.Na/c1-24-17(21-22-23-24)33-6-7-5-32-14-10(13(27)25(14)11(7)15(28)29)19-12(26)9(20-16(18)30)8-3-2-4-31-8;/h2-4,9-10,14H,5-6H2,1H3,(H,19,26)(H,28,29)(H3,18,20,30);/q;+1/p-1/t9-,10+,14?;/m0./s1. The van der Waals surface area contributed by atoms with Crippen LogP contribution in [0.15, 0.2) is 39.2 Å². The molecule has 14 nitrogen and oxygen atoms in total. The van der Waals surface area contributed by atoms with Gasteiger partial charge in [-0.1, -0.05) is 11.8 Å². The van der Waals surface area contributed by atoms with E-state index in [1.807, 2.05) is 0 Å². The molecule has 0 aliphatic carbocycles. The zero-order chi connectivity index (χ0) is 23.7. The predicted octanol–water partition coefficient (Wildman–Crippen LogP) is -5.29. The smallest absolute Gasteiger partial charge is 0.543 e. The Morgan fingerprint density at radius 2 is 2.21 bits per heavy atom. The average Bonchev–Trinajstić information content (AvgIpc) is 3.45. The molecule has 1 unspecified atom stereocenters. The molecule has 4 rings (SSSR count). The number of aromatic nitrogens is 4. The van der Waals surface area contributed by atoms with E-state index in [1.54, 1.807) is 7.05 Å². The van der Waals surface area contributed by atoms with Crippen molar-refractivity contribution in [2.45, 2.75) is 22.6 Å². The van der Waals surface area contributed by atoms with Gasteiger partial charge in [-0.25, -0.2) is 9.48 Å². The summed E-state index contributed by atoms with van der Waals surface area (Å²) in [4.78, 5) is 49.8. The molecular formula is C17H17N8NaO6S2. The molecule has 1 saturated heterocycles. The second-order valence-electron chi connectivity index (χ2n) is 6.97. The van der Waals surface area contributed by atoms with E-state index in [2.05, 4.69) is 26.2 Å². The maximum Gasteiger partial charge on any atom is 1.00 e. The topological polar surface area (TPSA) is 201 Å². The number of aliphatic carboxylic acids is 1. The maximum absolute atomic E-state index is 12.8. The molecule has 2 aromatic heterocycles. The summed E-state index contributed by atoms with van der Waals surface area (Å²) in [5, 5.41) is 27.6. The molecule has 0 radical (unpaired) electrons. The quantitative estimate of drug-likeness (QED) is 0.172. The minimum atomic E-state index is -1.49. The van der Waals surface area contributed by atoms with Gasteiger partial charge in [0.1, 0.15) is 17.2 Å². The van der Waals surface area contributed by atoms with Gasteiger partial charge in [0.2, 0.25) is 5.16 Å². The average molecular weight is 516 g/mol. The Morgan fingerprint density at radius 1 is 1.44 bits per heavy atom. The number of amides is 4. The third kappa shape index (κ3) is 5.10. The van der Waals surface area contributed by atoms with Gasteiger partial charge in [-0.2, -0.15) is 0 Å². The van der Waals surface area contributed by atoms with Gasteiger partial charge in [0, 0.05) is 18.6 Å². The molecule has 0 spiro atoms. The number of carbonyl (C=O) groups is 4. The van der Waals surface area contributed by atoms with Gasteiger partial charge in [0.05, 0.1) is 17.9 Å². The first-order valence-corrected chi connectivity index (χ1v) is 11.4. The summed E-state index contributed by atoms with van der Waals surface area (Å²) in [5.41, 5.74) is 5.39. The fraction of sp³-hybridized carbons (Fsp3) is 0.353. The molecule has 4 N–H and O–H groups in total. The third-order valence-corrected chi connectivity index (χ3v) is 7.31. The van der Waals surface area contributed by atoms with Crippen LogP contribution in [-0.4, -0.2) is 71.8 Å². The number of tetrazole rings is 1. The Bertz CT molecular complexity index is 1140. The Morgan fingerprint density at radius 3 is 2.79 bits per heavy atom. The summed E-state index contributed by atoms with van der Waals surface area (Å²) in [6, 6.07) is -0.211. The van der Waals surface area contributed by atoms with Crippen LogP contribution < -0.4 is 51.0 Å². The minimum Gasteiger partial charge on any atom is -0.543 e. The van der Waals surface area contributed by atoms with E-state index in [4.69, 9.17) is 10.2 Å². The van der Waals surface area contributed by atoms with Crippen LogP contribution in [0.4, 0.5) is 4.79 Å². The molecule has 0 bridgehead atoms. The van der Waals surface area contributed by atoms with Crippen molar-refractivity contribution in [2.24, 2.45) is 12.8 Å². The maximum atomic E-state index is 12.8. The van der Waals surface area contributed by atoms with Gasteiger partial charge < -0.3 is 30.7 Å². The van der Waals surface area contributed by atoms with Crippen LogP contribution in [0, 0.1) is 0 Å². The zero-order valence-electron chi connectivity index (χ0n) is 18.0. The van der Waals surface area contributed by atoms with Crippen LogP contribution in [0.2, 0.25) is 0 Å². The molecule has 4 heterocycles. The first-order chi connectivity index (χ1) is 15.8. The van der Waals surface area contributed by atoms with Crippen molar-refractivity contribution in [1.29, 1.82) is 0 Å². The summed E-state index contributed by atoms with van der Waals surface area (Å²) >= 11 is 2.52. The summed E-state index contributed by atoms with van der Waals surface area (Å²) in [7, 11) is 1.65. The molecule has 174 valence electrons. The van der Waals surface area contributed by atoms with Gasteiger partial charge in [0.15, 0.2) is 6.04 Å². The van der Waals surface area contributed by atoms with Gasteiger partial charge in [-0.05, 0) is 28.1 Å². The van der Waals surface area contributed by atoms with E-state index >= 15 is 0 Å². The number of carboxylic acid groups (broad SMARTS) is 1. The molecule has 2 aromatic rings. The second kappa shape index (κ2) is 10.8. The molecule has 1 fully saturated rings. The number of furan rings is 1. The number of primary amides is 1. The molecule has 2 aliphatic heterocycles. The molecular weight excluding hydrogens is 499 g/mol. The molecule has 4 amide bonds. The number of rotatable bonds is 8. The number of nitrogens with one attached hydrogen (secondary N) is 2. The number of nitrogens with two attached hydrogens (primary N) is 1. The number of carboxylic acids is 1. The van der Waals surface area contributed by atoms with Crippen molar-refractivity contribution in [2.75, 3.05) is 11.5 Å². The number of hydrogen-bond acceptors (Lipinski definition) is 11. The fourth-order valence-corrected chi connectivity index (χ4v) is 5.71. The predicted molar refractivity (Wildman–Crippen MR) is 111 cm³/mol. The van der Waals surface area contributed by atoms with Crippen LogP contribution in [0.1, 0.15) is 11.8 Å². The Kier molecular flexibility index (Phi) is 8.29. The van der Waals surface area contributed by atoms with Crippen molar-refractivity contribution in [3.05, 3.63) is 35.4 Å². The number of nitrogens with zero attached hydrogens (tertiary/aromatic N) is 5. The molecule has 17 heteroatoms.